The van der Waals surface area contributed by atoms with Crippen molar-refractivity contribution >= 4 is 27.8 Å². The number of amides is 2. The average Bonchev–Trinajstić information content (AvgIpc) is 2.93. The standard InChI is InChI=1S/C12H19N3O6S/c1-8-11(12(17)15(8)22(18,19)20)13-10(16)6-7-21-14-9-4-2-3-5-9/h8,11H,2-7H2,1H3,(H,13,16)(H,18,19,20)/t8-,11-/m0/s1. The van der Waals surface area contributed by atoms with Gasteiger partial charge in [-0.25, -0.2) is 4.31 Å². The fourth-order valence-corrected chi connectivity index (χ4v) is 3.38. The number of nitrogens with zero attached hydrogens (tertiary/aromatic N) is 2. The molecule has 1 aliphatic carbocycles. The Balaban J connectivity index is 1.72. The Morgan fingerprint density at radius 1 is 1.45 bits per heavy atom. The second-order valence-electron chi connectivity index (χ2n) is 5.35. The Hall–Kier alpha value is -1.68. The second-order valence-corrected chi connectivity index (χ2v) is 6.63. The molecule has 0 radical (unpaired) electrons. The first-order chi connectivity index (χ1) is 10.3. The van der Waals surface area contributed by atoms with Gasteiger partial charge in [-0.2, -0.15) is 8.42 Å². The van der Waals surface area contributed by atoms with Crippen LogP contribution in [0, 0.1) is 0 Å². The lowest BCUT2D eigenvalue weighted by Crippen LogP contribution is -2.70. The molecule has 0 bridgehead atoms. The number of carbonyl (C=O) groups is 2. The molecule has 2 N–H and O–H groups in total. The molecule has 0 aromatic rings. The Kier molecular flexibility index (Phi) is 5.01. The first-order valence-corrected chi connectivity index (χ1v) is 8.48. The summed E-state index contributed by atoms with van der Waals surface area (Å²) >= 11 is 0. The summed E-state index contributed by atoms with van der Waals surface area (Å²) in [4.78, 5) is 28.3. The van der Waals surface area contributed by atoms with E-state index in [1.807, 2.05) is 0 Å². The first kappa shape index (κ1) is 16.7. The summed E-state index contributed by atoms with van der Waals surface area (Å²) in [5.41, 5.74) is 0.993. The number of carbonyl (C=O) groups excluding carboxylic acids is 2. The van der Waals surface area contributed by atoms with Crippen LogP contribution < -0.4 is 5.32 Å². The van der Waals surface area contributed by atoms with Crippen molar-refractivity contribution in [3.63, 3.8) is 0 Å². The predicted octanol–water partition coefficient (Wildman–Crippen LogP) is -0.159. The zero-order valence-corrected chi connectivity index (χ0v) is 13.0. The summed E-state index contributed by atoms with van der Waals surface area (Å²) in [6.07, 6.45) is 4.07. The smallest absolute Gasteiger partial charge is 0.362 e. The average molecular weight is 333 g/mol. The molecule has 1 saturated carbocycles. The molecule has 0 aromatic carbocycles. The molecule has 22 heavy (non-hydrogen) atoms. The highest BCUT2D eigenvalue weighted by molar-refractivity contribution is 7.84. The van der Waals surface area contributed by atoms with Crippen molar-refractivity contribution in [2.75, 3.05) is 6.61 Å². The third-order valence-corrected chi connectivity index (χ3v) is 4.71. The van der Waals surface area contributed by atoms with Crippen LogP contribution in [0.4, 0.5) is 0 Å². The molecule has 1 saturated heterocycles. The molecule has 10 heteroatoms. The number of nitrogens with one attached hydrogen (secondary N) is 1. The minimum atomic E-state index is -4.57. The number of rotatable bonds is 6. The highest BCUT2D eigenvalue weighted by Gasteiger charge is 2.51. The molecular weight excluding hydrogens is 314 g/mol. The van der Waals surface area contributed by atoms with Crippen LogP contribution >= 0.6 is 0 Å². The molecule has 1 heterocycles. The molecule has 0 spiro atoms. The zero-order valence-electron chi connectivity index (χ0n) is 12.2. The maximum Gasteiger partial charge on any atom is 0.362 e. The van der Waals surface area contributed by atoms with Gasteiger partial charge in [0.05, 0.1) is 18.2 Å². The fourth-order valence-electron chi connectivity index (χ4n) is 2.50. The van der Waals surface area contributed by atoms with Crippen LogP contribution in [0.5, 0.6) is 0 Å². The summed E-state index contributed by atoms with van der Waals surface area (Å²) in [6, 6.07) is -1.76. The van der Waals surface area contributed by atoms with Crippen LogP contribution in [0.15, 0.2) is 5.16 Å². The number of hydrogen-bond acceptors (Lipinski definition) is 6. The van der Waals surface area contributed by atoms with Crippen molar-refractivity contribution in [3.8, 4) is 0 Å². The Labute approximate surface area is 128 Å². The number of oxime groups is 1. The van der Waals surface area contributed by atoms with Gasteiger partial charge in [0, 0.05) is 0 Å². The van der Waals surface area contributed by atoms with E-state index >= 15 is 0 Å². The van der Waals surface area contributed by atoms with Gasteiger partial charge in [0.2, 0.25) is 5.91 Å². The van der Waals surface area contributed by atoms with Gasteiger partial charge in [-0.3, -0.25) is 14.1 Å². The van der Waals surface area contributed by atoms with Gasteiger partial charge < -0.3 is 10.2 Å². The van der Waals surface area contributed by atoms with Crippen molar-refractivity contribution in [3.05, 3.63) is 0 Å². The van der Waals surface area contributed by atoms with Crippen LogP contribution in [0.3, 0.4) is 0 Å². The van der Waals surface area contributed by atoms with Gasteiger partial charge in [-0.15, -0.1) is 0 Å². The molecule has 9 nitrogen and oxygen atoms in total. The van der Waals surface area contributed by atoms with Gasteiger partial charge >= 0.3 is 10.3 Å². The van der Waals surface area contributed by atoms with E-state index in [9.17, 15) is 18.0 Å². The largest absolute Gasteiger partial charge is 0.395 e. The van der Waals surface area contributed by atoms with Gasteiger partial charge in [0.25, 0.3) is 5.91 Å². The lowest BCUT2D eigenvalue weighted by molar-refractivity contribution is -0.145. The van der Waals surface area contributed by atoms with Gasteiger partial charge in [-0.1, -0.05) is 5.16 Å². The van der Waals surface area contributed by atoms with Crippen LogP contribution in [-0.4, -0.2) is 53.5 Å². The normalized spacial score (nSPS) is 24.9. The summed E-state index contributed by atoms with van der Waals surface area (Å²) < 4.78 is 31.0. The van der Waals surface area contributed by atoms with Gasteiger partial charge in [0.1, 0.15) is 12.6 Å². The van der Waals surface area contributed by atoms with E-state index in [0.29, 0.717) is 4.31 Å². The van der Waals surface area contributed by atoms with Crippen molar-refractivity contribution in [2.45, 2.75) is 51.1 Å². The van der Waals surface area contributed by atoms with Crippen molar-refractivity contribution in [1.82, 2.24) is 9.62 Å². The molecule has 2 fully saturated rings. The van der Waals surface area contributed by atoms with E-state index in [2.05, 4.69) is 10.5 Å². The molecule has 2 amide bonds. The summed E-state index contributed by atoms with van der Waals surface area (Å²) in [5.74, 6) is -1.29. The van der Waals surface area contributed by atoms with Crippen LogP contribution in [0.1, 0.15) is 39.0 Å². The minimum absolute atomic E-state index is 0.0131. The van der Waals surface area contributed by atoms with E-state index in [0.717, 1.165) is 31.4 Å². The maximum absolute atomic E-state index is 11.7. The Morgan fingerprint density at radius 3 is 2.64 bits per heavy atom. The maximum atomic E-state index is 11.7. The quantitative estimate of drug-likeness (QED) is 0.301. The van der Waals surface area contributed by atoms with Crippen LogP contribution in [0.25, 0.3) is 0 Å². The zero-order chi connectivity index (χ0) is 16.3. The van der Waals surface area contributed by atoms with Crippen molar-refractivity contribution < 1.29 is 27.4 Å². The fraction of sp³-hybridized carbons (Fsp3) is 0.750. The monoisotopic (exact) mass is 333 g/mol. The number of hydrogen-bond donors (Lipinski definition) is 2. The molecule has 124 valence electrons. The SMILES string of the molecule is C[C@H]1[C@H](NC(=O)CCON=C2CCCC2)C(=O)N1S(=O)(=O)O. The van der Waals surface area contributed by atoms with E-state index in [1.165, 1.54) is 6.92 Å². The first-order valence-electron chi connectivity index (χ1n) is 7.08. The molecule has 2 aliphatic rings. The van der Waals surface area contributed by atoms with Crippen LogP contribution in [-0.2, 0) is 24.7 Å². The summed E-state index contributed by atoms with van der Waals surface area (Å²) in [7, 11) is -4.57. The Morgan fingerprint density at radius 2 is 2.09 bits per heavy atom. The second kappa shape index (κ2) is 6.61. The Bertz CT molecular complexity index is 580. The lowest BCUT2D eigenvalue weighted by atomic mass is 10.0. The highest BCUT2D eigenvalue weighted by Crippen LogP contribution is 2.22. The molecule has 0 unspecified atom stereocenters. The van der Waals surface area contributed by atoms with Crippen molar-refractivity contribution in [1.29, 1.82) is 0 Å². The molecule has 2 atom stereocenters. The van der Waals surface area contributed by atoms with E-state index in [1.54, 1.807) is 0 Å². The topological polar surface area (TPSA) is 125 Å². The highest BCUT2D eigenvalue weighted by atomic mass is 32.2. The lowest BCUT2D eigenvalue weighted by Gasteiger charge is -2.42. The number of β-lactam (4-membered cyclic amide) rings is 1. The van der Waals surface area contributed by atoms with Gasteiger partial charge in [0.15, 0.2) is 0 Å². The molecular formula is C12H19N3O6S. The molecule has 0 aromatic heterocycles. The van der Waals surface area contributed by atoms with Crippen molar-refractivity contribution in [2.24, 2.45) is 5.16 Å². The molecule has 1 aliphatic heterocycles. The third kappa shape index (κ3) is 3.74. The van der Waals surface area contributed by atoms with Gasteiger partial charge in [-0.05, 0) is 32.6 Å². The van der Waals surface area contributed by atoms with E-state index in [-0.39, 0.29) is 13.0 Å². The van der Waals surface area contributed by atoms with E-state index in [4.69, 9.17) is 9.39 Å². The minimum Gasteiger partial charge on any atom is -0.395 e. The molecule has 2 rings (SSSR count). The summed E-state index contributed by atoms with van der Waals surface area (Å²) in [6.45, 7) is 1.51. The predicted molar refractivity (Wildman–Crippen MR) is 76.3 cm³/mol. The summed E-state index contributed by atoms with van der Waals surface area (Å²) in [5, 5.41) is 6.34. The van der Waals surface area contributed by atoms with E-state index < -0.39 is 34.2 Å². The third-order valence-electron chi connectivity index (χ3n) is 3.70. The van der Waals surface area contributed by atoms with Crippen LogP contribution in [0.2, 0.25) is 0 Å².